The fourth-order valence-electron chi connectivity index (χ4n) is 1.78. The summed E-state index contributed by atoms with van der Waals surface area (Å²) < 4.78 is 36.9. The van der Waals surface area contributed by atoms with Crippen LogP contribution in [0.1, 0.15) is 24.2 Å². The Labute approximate surface area is 127 Å². The molecule has 0 saturated carbocycles. The van der Waals surface area contributed by atoms with Crippen LogP contribution in [-0.4, -0.2) is 48.7 Å². The lowest BCUT2D eigenvalue weighted by atomic mass is 10.1. The van der Waals surface area contributed by atoms with Crippen molar-refractivity contribution in [3.63, 3.8) is 0 Å². The second-order valence-corrected chi connectivity index (χ2v) is 7.28. The van der Waals surface area contributed by atoms with Crippen LogP contribution in [0.5, 0.6) is 0 Å². The minimum atomic E-state index is -3.31. The standard InChI is InChI=1S/C13H17FN2O5S/c1-4-22(20,21)8-9(2)15(3)13(17)11-7-10(16(18)19)5-6-12(11)14/h5-7,9H,4,8H2,1-3H3/t9-/m1/s1. The Morgan fingerprint density at radius 2 is 2.05 bits per heavy atom. The molecule has 0 radical (unpaired) electrons. The number of non-ortho nitro benzene ring substituents is 1. The molecule has 9 heteroatoms. The number of benzene rings is 1. The molecule has 122 valence electrons. The number of rotatable bonds is 6. The number of amides is 1. The number of nitrogens with zero attached hydrogens (tertiary/aromatic N) is 2. The fourth-order valence-corrected chi connectivity index (χ4v) is 2.97. The molecule has 22 heavy (non-hydrogen) atoms. The van der Waals surface area contributed by atoms with Crippen LogP contribution in [0.15, 0.2) is 18.2 Å². The molecule has 1 amide bonds. The van der Waals surface area contributed by atoms with Crippen molar-refractivity contribution in [2.45, 2.75) is 19.9 Å². The lowest BCUT2D eigenvalue weighted by molar-refractivity contribution is -0.384. The predicted molar refractivity (Wildman–Crippen MR) is 78.9 cm³/mol. The van der Waals surface area contributed by atoms with Gasteiger partial charge in [0.15, 0.2) is 9.84 Å². The summed E-state index contributed by atoms with van der Waals surface area (Å²) in [6, 6.07) is 1.95. The predicted octanol–water partition coefficient (Wildman–Crippen LogP) is 1.63. The average molecular weight is 332 g/mol. The van der Waals surface area contributed by atoms with E-state index in [1.807, 2.05) is 0 Å². The molecular weight excluding hydrogens is 315 g/mol. The number of halogens is 1. The van der Waals surface area contributed by atoms with Crippen molar-refractivity contribution in [2.75, 3.05) is 18.6 Å². The van der Waals surface area contributed by atoms with Crippen molar-refractivity contribution >= 4 is 21.4 Å². The van der Waals surface area contributed by atoms with Gasteiger partial charge in [-0.2, -0.15) is 0 Å². The molecule has 0 N–H and O–H groups in total. The number of carbonyl (C=O) groups is 1. The minimum Gasteiger partial charge on any atom is -0.338 e. The number of sulfone groups is 1. The first-order valence-electron chi connectivity index (χ1n) is 6.50. The maximum atomic E-state index is 13.7. The molecule has 0 bridgehead atoms. The molecule has 7 nitrogen and oxygen atoms in total. The Hall–Kier alpha value is -2.03. The van der Waals surface area contributed by atoms with Gasteiger partial charge in [0.1, 0.15) is 5.82 Å². The van der Waals surface area contributed by atoms with E-state index in [4.69, 9.17) is 0 Å². The molecule has 0 heterocycles. The zero-order valence-corrected chi connectivity index (χ0v) is 13.3. The first-order valence-corrected chi connectivity index (χ1v) is 8.32. The third-order valence-electron chi connectivity index (χ3n) is 3.31. The zero-order chi connectivity index (χ0) is 17.1. The molecule has 0 aliphatic heterocycles. The summed E-state index contributed by atoms with van der Waals surface area (Å²) in [4.78, 5) is 23.3. The minimum absolute atomic E-state index is 0.0649. The Bertz CT molecular complexity index is 690. The molecule has 0 saturated heterocycles. The Kier molecular flexibility index (Phi) is 5.59. The maximum Gasteiger partial charge on any atom is 0.270 e. The molecular formula is C13H17FN2O5S. The lowest BCUT2D eigenvalue weighted by Gasteiger charge is -2.24. The SMILES string of the molecule is CCS(=O)(=O)C[C@@H](C)N(C)C(=O)c1cc([N+](=O)[O-])ccc1F. The molecule has 1 aromatic rings. The van der Waals surface area contributed by atoms with E-state index in [0.717, 1.165) is 23.1 Å². The highest BCUT2D eigenvalue weighted by atomic mass is 32.2. The molecule has 0 fully saturated rings. The van der Waals surface area contributed by atoms with E-state index >= 15 is 0 Å². The van der Waals surface area contributed by atoms with Gasteiger partial charge in [0.2, 0.25) is 0 Å². The summed E-state index contributed by atoms with van der Waals surface area (Å²) in [6.45, 7) is 3.00. The van der Waals surface area contributed by atoms with Gasteiger partial charge in [0.25, 0.3) is 11.6 Å². The molecule has 0 aromatic heterocycles. The van der Waals surface area contributed by atoms with Crippen LogP contribution < -0.4 is 0 Å². The van der Waals surface area contributed by atoms with Crippen LogP contribution in [0.2, 0.25) is 0 Å². The van der Waals surface area contributed by atoms with E-state index in [1.54, 1.807) is 0 Å². The smallest absolute Gasteiger partial charge is 0.270 e. The normalized spacial score (nSPS) is 12.7. The molecule has 0 spiro atoms. The quantitative estimate of drug-likeness (QED) is 0.582. The van der Waals surface area contributed by atoms with Gasteiger partial charge in [0.05, 0.1) is 16.2 Å². The second-order valence-electron chi connectivity index (χ2n) is 4.89. The maximum absolute atomic E-state index is 13.7. The van der Waals surface area contributed by atoms with Crippen LogP contribution in [0.25, 0.3) is 0 Å². The summed E-state index contributed by atoms with van der Waals surface area (Å²) in [5.74, 6) is -2.03. The van der Waals surface area contributed by atoms with E-state index in [9.17, 15) is 27.7 Å². The van der Waals surface area contributed by atoms with E-state index in [-0.39, 0.29) is 11.5 Å². The molecule has 1 atom stereocenters. The number of nitro groups is 1. The van der Waals surface area contributed by atoms with Gasteiger partial charge in [-0.15, -0.1) is 0 Å². The molecule has 0 aliphatic carbocycles. The highest BCUT2D eigenvalue weighted by Gasteiger charge is 2.25. The van der Waals surface area contributed by atoms with E-state index in [0.29, 0.717) is 0 Å². The van der Waals surface area contributed by atoms with E-state index in [1.165, 1.54) is 20.9 Å². The van der Waals surface area contributed by atoms with Crippen molar-refractivity contribution in [1.82, 2.24) is 4.90 Å². The highest BCUT2D eigenvalue weighted by Crippen LogP contribution is 2.19. The third-order valence-corrected chi connectivity index (χ3v) is 5.18. The number of carbonyl (C=O) groups excluding carboxylic acids is 1. The molecule has 0 aliphatic rings. The van der Waals surface area contributed by atoms with Crippen molar-refractivity contribution < 1.29 is 22.5 Å². The summed E-state index contributed by atoms with van der Waals surface area (Å²) in [7, 11) is -1.98. The van der Waals surface area contributed by atoms with Crippen molar-refractivity contribution in [3.05, 3.63) is 39.7 Å². The van der Waals surface area contributed by atoms with E-state index in [2.05, 4.69) is 0 Å². The topological polar surface area (TPSA) is 97.6 Å². The highest BCUT2D eigenvalue weighted by molar-refractivity contribution is 7.91. The first-order chi connectivity index (χ1) is 10.1. The van der Waals surface area contributed by atoms with E-state index < -0.39 is 43.8 Å². The van der Waals surface area contributed by atoms with Gasteiger partial charge in [-0.05, 0) is 13.0 Å². The largest absolute Gasteiger partial charge is 0.338 e. The number of hydrogen-bond donors (Lipinski definition) is 0. The van der Waals surface area contributed by atoms with Crippen LogP contribution in [0, 0.1) is 15.9 Å². The second kappa shape index (κ2) is 6.82. The van der Waals surface area contributed by atoms with Gasteiger partial charge in [0, 0.05) is 31.0 Å². The summed E-state index contributed by atoms with van der Waals surface area (Å²) in [5.41, 5.74) is -0.871. The third kappa shape index (κ3) is 4.23. The van der Waals surface area contributed by atoms with Crippen LogP contribution in [0.3, 0.4) is 0 Å². The summed E-state index contributed by atoms with van der Waals surface area (Å²) >= 11 is 0. The molecule has 0 unspecified atom stereocenters. The van der Waals surface area contributed by atoms with Crippen molar-refractivity contribution in [2.24, 2.45) is 0 Å². The average Bonchev–Trinajstić information content (AvgIpc) is 2.45. The van der Waals surface area contributed by atoms with Crippen molar-refractivity contribution in [1.29, 1.82) is 0 Å². The lowest BCUT2D eigenvalue weighted by Crippen LogP contribution is -2.40. The number of nitro benzene ring substituents is 1. The Morgan fingerprint density at radius 1 is 1.45 bits per heavy atom. The monoisotopic (exact) mass is 332 g/mol. The molecule has 1 aromatic carbocycles. The number of hydrogen-bond acceptors (Lipinski definition) is 5. The van der Waals surface area contributed by atoms with Crippen LogP contribution >= 0.6 is 0 Å². The van der Waals surface area contributed by atoms with Gasteiger partial charge >= 0.3 is 0 Å². The fraction of sp³-hybridized carbons (Fsp3) is 0.462. The Morgan fingerprint density at radius 3 is 2.55 bits per heavy atom. The van der Waals surface area contributed by atoms with Crippen molar-refractivity contribution in [3.8, 4) is 0 Å². The van der Waals surface area contributed by atoms with Gasteiger partial charge in [-0.25, -0.2) is 12.8 Å². The first kappa shape index (κ1) is 18.0. The molecule has 1 rings (SSSR count). The van der Waals surface area contributed by atoms with Gasteiger partial charge in [-0.3, -0.25) is 14.9 Å². The Balaban J connectivity index is 3.05. The summed E-state index contributed by atoms with van der Waals surface area (Å²) in [5, 5.41) is 10.7. The van der Waals surface area contributed by atoms with Crippen LogP contribution in [-0.2, 0) is 9.84 Å². The van der Waals surface area contributed by atoms with Gasteiger partial charge < -0.3 is 4.90 Å². The summed E-state index contributed by atoms with van der Waals surface area (Å²) in [6.07, 6.45) is 0. The zero-order valence-electron chi connectivity index (χ0n) is 12.4. The van der Waals surface area contributed by atoms with Crippen LogP contribution in [0.4, 0.5) is 10.1 Å². The van der Waals surface area contributed by atoms with Gasteiger partial charge in [-0.1, -0.05) is 6.92 Å².